The minimum absolute atomic E-state index is 0.412. The Kier molecular flexibility index (Phi) is 4.15. The van der Waals surface area contributed by atoms with Crippen molar-refractivity contribution in [3.63, 3.8) is 0 Å². The molecule has 2 heteroatoms. The van der Waals surface area contributed by atoms with E-state index < -0.39 is 0 Å². The van der Waals surface area contributed by atoms with Gasteiger partial charge in [-0.3, -0.25) is 0 Å². The van der Waals surface area contributed by atoms with Crippen molar-refractivity contribution in [3.05, 3.63) is 29.3 Å². The number of benzene rings is 1. The van der Waals surface area contributed by atoms with E-state index in [4.69, 9.17) is 4.74 Å². The Morgan fingerprint density at radius 2 is 1.93 bits per heavy atom. The Bertz CT molecular complexity index is 320. The van der Waals surface area contributed by atoms with Crippen LogP contribution in [-0.2, 0) is 0 Å². The van der Waals surface area contributed by atoms with Crippen LogP contribution in [0.25, 0.3) is 0 Å². The first-order valence-electron chi connectivity index (χ1n) is 5.42. The summed E-state index contributed by atoms with van der Waals surface area (Å²) in [5.41, 5.74) is 2.52. The molecule has 0 radical (unpaired) electrons. The van der Waals surface area contributed by atoms with Gasteiger partial charge in [-0.05, 0) is 37.1 Å². The first-order chi connectivity index (χ1) is 7.10. The van der Waals surface area contributed by atoms with Crippen LogP contribution < -0.4 is 10.1 Å². The van der Waals surface area contributed by atoms with Crippen molar-refractivity contribution in [1.82, 2.24) is 5.32 Å². The number of aryl methyl sites for hydroxylation is 1. The average molecular weight is 207 g/mol. The fraction of sp³-hybridized carbons (Fsp3) is 0.538. The molecule has 0 spiro atoms. The van der Waals surface area contributed by atoms with E-state index in [0.29, 0.717) is 12.0 Å². The second-order valence-electron chi connectivity index (χ2n) is 4.24. The van der Waals surface area contributed by atoms with Gasteiger partial charge >= 0.3 is 0 Å². The predicted octanol–water partition coefficient (Wildman–Crippen LogP) is 2.92. The van der Waals surface area contributed by atoms with Gasteiger partial charge in [-0.15, -0.1) is 0 Å². The minimum Gasteiger partial charge on any atom is -0.496 e. The second kappa shape index (κ2) is 5.17. The summed E-state index contributed by atoms with van der Waals surface area (Å²) in [6.45, 7) is 6.52. The maximum Gasteiger partial charge on any atom is 0.121 e. The van der Waals surface area contributed by atoms with Gasteiger partial charge in [0.25, 0.3) is 0 Å². The van der Waals surface area contributed by atoms with Crippen LogP contribution in [0.15, 0.2) is 18.2 Å². The smallest absolute Gasteiger partial charge is 0.121 e. The highest BCUT2D eigenvalue weighted by atomic mass is 16.5. The number of methoxy groups -OCH3 is 1. The first kappa shape index (κ1) is 12.1. The van der Waals surface area contributed by atoms with Crippen LogP contribution >= 0.6 is 0 Å². The summed E-state index contributed by atoms with van der Waals surface area (Å²) in [5, 5.41) is 3.34. The maximum absolute atomic E-state index is 5.25. The average Bonchev–Trinajstić information content (AvgIpc) is 2.18. The van der Waals surface area contributed by atoms with Gasteiger partial charge < -0.3 is 10.1 Å². The number of ether oxygens (including phenoxy) is 1. The normalized spacial score (nSPS) is 12.9. The molecule has 0 bridgehead atoms. The lowest BCUT2D eigenvalue weighted by molar-refractivity contribution is 0.409. The van der Waals surface area contributed by atoms with Crippen molar-refractivity contribution in [2.24, 2.45) is 5.92 Å². The quantitative estimate of drug-likeness (QED) is 0.819. The summed E-state index contributed by atoms with van der Waals surface area (Å²) in [7, 11) is 3.71. The standard InChI is InChI=1S/C13H21NO/c1-9(2)13(14-4)11-6-7-12(15-5)10(3)8-11/h6-9,13-14H,1-5H3. The van der Waals surface area contributed by atoms with E-state index in [0.717, 1.165) is 5.75 Å². The molecule has 1 aromatic carbocycles. The summed E-state index contributed by atoms with van der Waals surface area (Å²) >= 11 is 0. The Balaban J connectivity index is 3.00. The molecule has 1 aromatic rings. The highest BCUT2D eigenvalue weighted by Gasteiger charge is 2.14. The van der Waals surface area contributed by atoms with Gasteiger partial charge in [0, 0.05) is 6.04 Å². The molecule has 1 rings (SSSR count). The second-order valence-corrected chi connectivity index (χ2v) is 4.24. The molecule has 0 saturated carbocycles. The van der Waals surface area contributed by atoms with Crippen LogP contribution in [0.5, 0.6) is 5.75 Å². The van der Waals surface area contributed by atoms with E-state index in [2.05, 4.69) is 38.2 Å². The Hall–Kier alpha value is -1.02. The molecule has 0 amide bonds. The molecule has 0 heterocycles. The Labute approximate surface area is 92.6 Å². The van der Waals surface area contributed by atoms with Gasteiger partial charge in [0.15, 0.2) is 0 Å². The summed E-state index contributed by atoms with van der Waals surface area (Å²) in [5.74, 6) is 1.54. The fourth-order valence-corrected chi connectivity index (χ4v) is 1.98. The van der Waals surface area contributed by atoms with Crippen molar-refractivity contribution in [1.29, 1.82) is 0 Å². The largest absolute Gasteiger partial charge is 0.496 e. The molecule has 1 N–H and O–H groups in total. The molecule has 2 nitrogen and oxygen atoms in total. The van der Waals surface area contributed by atoms with E-state index in [1.54, 1.807) is 7.11 Å². The highest BCUT2D eigenvalue weighted by molar-refractivity contribution is 5.37. The number of hydrogen-bond donors (Lipinski definition) is 1. The van der Waals surface area contributed by atoms with Crippen molar-refractivity contribution >= 4 is 0 Å². The zero-order valence-corrected chi connectivity index (χ0v) is 10.3. The lowest BCUT2D eigenvalue weighted by Gasteiger charge is -2.21. The molecule has 15 heavy (non-hydrogen) atoms. The van der Waals surface area contributed by atoms with Gasteiger partial charge in [0.05, 0.1) is 7.11 Å². The lowest BCUT2D eigenvalue weighted by Crippen LogP contribution is -2.21. The van der Waals surface area contributed by atoms with Crippen LogP contribution in [0.1, 0.15) is 31.0 Å². The van der Waals surface area contributed by atoms with Gasteiger partial charge in [0.1, 0.15) is 5.75 Å². The number of rotatable bonds is 4. The molecule has 84 valence electrons. The third-order valence-corrected chi connectivity index (χ3v) is 2.76. The topological polar surface area (TPSA) is 21.3 Å². The van der Waals surface area contributed by atoms with Crippen LogP contribution in [0, 0.1) is 12.8 Å². The molecule has 0 aromatic heterocycles. The molecule has 0 aliphatic heterocycles. The molecule has 0 aliphatic carbocycles. The van der Waals surface area contributed by atoms with E-state index in [1.807, 2.05) is 13.1 Å². The van der Waals surface area contributed by atoms with Gasteiger partial charge in [-0.1, -0.05) is 26.0 Å². The number of nitrogens with one attached hydrogen (secondary N) is 1. The van der Waals surface area contributed by atoms with Gasteiger partial charge in [-0.2, -0.15) is 0 Å². The first-order valence-corrected chi connectivity index (χ1v) is 5.42. The summed E-state index contributed by atoms with van der Waals surface area (Å²) in [6.07, 6.45) is 0. The van der Waals surface area contributed by atoms with Crippen LogP contribution in [-0.4, -0.2) is 14.2 Å². The zero-order chi connectivity index (χ0) is 11.4. The van der Waals surface area contributed by atoms with Crippen molar-refractivity contribution in [2.45, 2.75) is 26.8 Å². The summed E-state index contributed by atoms with van der Waals surface area (Å²) in [6, 6.07) is 6.78. The molecular weight excluding hydrogens is 186 g/mol. The van der Waals surface area contributed by atoms with Crippen LogP contribution in [0.3, 0.4) is 0 Å². The van der Waals surface area contributed by atoms with Crippen LogP contribution in [0.2, 0.25) is 0 Å². The third kappa shape index (κ3) is 2.72. The third-order valence-electron chi connectivity index (χ3n) is 2.76. The van der Waals surface area contributed by atoms with Crippen LogP contribution in [0.4, 0.5) is 0 Å². The zero-order valence-electron chi connectivity index (χ0n) is 10.3. The number of hydrogen-bond acceptors (Lipinski definition) is 2. The molecule has 0 fully saturated rings. The molecular formula is C13H21NO. The summed E-state index contributed by atoms with van der Waals surface area (Å²) < 4.78 is 5.25. The monoisotopic (exact) mass is 207 g/mol. The van der Waals surface area contributed by atoms with Crippen molar-refractivity contribution in [3.8, 4) is 5.75 Å². The highest BCUT2D eigenvalue weighted by Crippen LogP contribution is 2.26. The molecule has 1 atom stereocenters. The Morgan fingerprint density at radius 3 is 2.33 bits per heavy atom. The van der Waals surface area contributed by atoms with Gasteiger partial charge in [0.2, 0.25) is 0 Å². The van der Waals surface area contributed by atoms with E-state index >= 15 is 0 Å². The van der Waals surface area contributed by atoms with E-state index in [1.165, 1.54) is 11.1 Å². The Morgan fingerprint density at radius 1 is 1.27 bits per heavy atom. The van der Waals surface area contributed by atoms with Crippen molar-refractivity contribution in [2.75, 3.05) is 14.2 Å². The maximum atomic E-state index is 5.25. The molecule has 1 unspecified atom stereocenters. The fourth-order valence-electron chi connectivity index (χ4n) is 1.98. The SMILES string of the molecule is CNC(c1ccc(OC)c(C)c1)C(C)C. The lowest BCUT2D eigenvalue weighted by atomic mass is 9.95. The van der Waals surface area contributed by atoms with E-state index in [9.17, 15) is 0 Å². The van der Waals surface area contributed by atoms with E-state index in [-0.39, 0.29) is 0 Å². The minimum atomic E-state index is 0.412. The molecule has 0 saturated heterocycles. The van der Waals surface area contributed by atoms with Gasteiger partial charge in [-0.25, -0.2) is 0 Å². The van der Waals surface area contributed by atoms with Crippen molar-refractivity contribution < 1.29 is 4.74 Å². The molecule has 0 aliphatic rings. The summed E-state index contributed by atoms with van der Waals surface area (Å²) in [4.78, 5) is 0. The predicted molar refractivity (Wildman–Crippen MR) is 64.4 cm³/mol.